The van der Waals surface area contributed by atoms with Crippen molar-refractivity contribution in [2.75, 3.05) is 0 Å². The van der Waals surface area contributed by atoms with Gasteiger partial charge in [0.15, 0.2) is 0 Å². The molecule has 1 aliphatic rings. The standard InChI is InChI=1S/C17H23N3O/c1-3-20-11-14(9-19-20)12-21-17-13(2)5-4-6-15(17)10-18-16-7-8-16/h4-6,9,11,16,18H,3,7-8,10,12H2,1-2H3. The highest BCUT2D eigenvalue weighted by atomic mass is 16.5. The van der Waals surface area contributed by atoms with Gasteiger partial charge in [0.05, 0.1) is 6.20 Å². The number of hydrogen-bond donors (Lipinski definition) is 1. The van der Waals surface area contributed by atoms with Crippen molar-refractivity contribution in [1.29, 1.82) is 0 Å². The van der Waals surface area contributed by atoms with E-state index in [9.17, 15) is 0 Å². The summed E-state index contributed by atoms with van der Waals surface area (Å²) < 4.78 is 7.99. The van der Waals surface area contributed by atoms with Crippen molar-refractivity contribution in [3.8, 4) is 5.75 Å². The maximum atomic E-state index is 6.07. The van der Waals surface area contributed by atoms with Gasteiger partial charge in [0, 0.05) is 36.5 Å². The first kappa shape index (κ1) is 14.1. The summed E-state index contributed by atoms with van der Waals surface area (Å²) in [7, 11) is 0. The summed E-state index contributed by atoms with van der Waals surface area (Å²) in [5, 5.41) is 7.84. The van der Waals surface area contributed by atoms with E-state index in [1.54, 1.807) is 0 Å². The third-order valence-electron chi connectivity index (χ3n) is 3.85. The molecule has 1 aromatic carbocycles. The van der Waals surface area contributed by atoms with Crippen LogP contribution in [0.3, 0.4) is 0 Å². The van der Waals surface area contributed by atoms with Crippen LogP contribution in [0.25, 0.3) is 0 Å². The van der Waals surface area contributed by atoms with Crippen LogP contribution in [0.15, 0.2) is 30.6 Å². The first-order valence-electron chi connectivity index (χ1n) is 7.72. The predicted molar refractivity (Wildman–Crippen MR) is 83.3 cm³/mol. The normalized spacial score (nSPS) is 14.4. The molecule has 1 saturated carbocycles. The van der Waals surface area contributed by atoms with Crippen LogP contribution in [0.4, 0.5) is 0 Å². The van der Waals surface area contributed by atoms with Crippen LogP contribution in [-0.4, -0.2) is 15.8 Å². The fourth-order valence-electron chi connectivity index (χ4n) is 2.41. The third-order valence-corrected chi connectivity index (χ3v) is 3.85. The van der Waals surface area contributed by atoms with Gasteiger partial charge < -0.3 is 10.1 Å². The van der Waals surface area contributed by atoms with Gasteiger partial charge in [0.2, 0.25) is 0 Å². The maximum Gasteiger partial charge on any atom is 0.127 e. The Bertz CT molecular complexity index is 602. The first-order valence-corrected chi connectivity index (χ1v) is 7.72. The van der Waals surface area contributed by atoms with Gasteiger partial charge in [0.1, 0.15) is 12.4 Å². The lowest BCUT2D eigenvalue weighted by atomic mass is 10.1. The molecule has 0 aliphatic heterocycles. The lowest BCUT2D eigenvalue weighted by molar-refractivity contribution is 0.300. The second-order valence-corrected chi connectivity index (χ2v) is 5.71. The van der Waals surface area contributed by atoms with Crippen molar-refractivity contribution in [3.05, 3.63) is 47.3 Å². The van der Waals surface area contributed by atoms with Crippen LogP contribution in [0.1, 0.15) is 36.5 Å². The summed E-state index contributed by atoms with van der Waals surface area (Å²) in [6.45, 7) is 6.53. The molecule has 0 spiro atoms. The number of nitrogens with zero attached hydrogens (tertiary/aromatic N) is 2. The molecule has 1 aliphatic carbocycles. The van der Waals surface area contributed by atoms with E-state index in [1.807, 2.05) is 17.1 Å². The number of para-hydroxylation sites is 1. The summed E-state index contributed by atoms with van der Waals surface area (Å²) >= 11 is 0. The van der Waals surface area contributed by atoms with Crippen molar-refractivity contribution >= 4 is 0 Å². The molecule has 21 heavy (non-hydrogen) atoms. The molecule has 0 bridgehead atoms. The molecule has 4 nitrogen and oxygen atoms in total. The van der Waals surface area contributed by atoms with E-state index in [1.165, 1.54) is 24.0 Å². The second kappa shape index (κ2) is 6.31. The van der Waals surface area contributed by atoms with Crippen molar-refractivity contribution in [2.24, 2.45) is 0 Å². The smallest absolute Gasteiger partial charge is 0.127 e. The van der Waals surface area contributed by atoms with E-state index >= 15 is 0 Å². The third kappa shape index (κ3) is 3.64. The molecule has 0 unspecified atom stereocenters. The number of aromatic nitrogens is 2. The highest BCUT2D eigenvalue weighted by molar-refractivity contribution is 5.41. The Morgan fingerprint density at radius 2 is 2.24 bits per heavy atom. The van der Waals surface area contributed by atoms with Gasteiger partial charge in [-0.25, -0.2) is 0 Å². The zero-order valence-electron chi connectivity index (χ0n) is 12.8. The molecule has 0 atom stereocenters. The monoisotopic (exact) mass is 285 g/mol. The summed E-state index contributed by atoms with van der Waals surface area (Å²) in [4.78, 5) is 0. The highest BCUT2D eigenvalue weighted by Crippen LogP contribution is 2.26. The zero-order valence-corrected chi connectivity index (χ0v) is 12.8. The lowest BCUT2D eigenvalue weighted by Crippen LogP contribution is -2.16. The molecule has 3 rings (SSSR count). The minimum Gasteiger partial charge on any atom is -0.488 e. The van der Waals surface area contributed by atoms with E-state index in [0.717, 1.165) is 24.4 Å². The average molecular weight is 285 g/mol. The van der Waals surface area contributed by atoms with Crippen molar-refractivity contribution in [1.82, 2.24) is 15.1 Å². The van der Waals surface area contributed by atoms with Gasteiger partial charge >= 0.3 is 0 Å². The van der Waals surface area contributed by atoms with Crippen LogP contribution in [0, 0.1) is 6.92 Å². The largest absolute Gasteiger partial charge is 0.488 e. The van der Waals surface area contributed by atoms with E-state index in [2.05, 4.69) is 42.5 Å². The molecule has 1 N–H and O–H groups in total. The van der Waals surface area contributed by atoms with Crippen molar-refractivity contribution in [2.45, 2.75) is 52.4 Å². The topological polar surface area (TPSA) is 39.1 Å². The number of rotatable bonds is 7. The Morgan fingerprint density at radius 1 is 1.38 bits per heavy atom. The molecular formula is C17H23N3O. The molecule has 0 radical (unpaired) electrons. The molecule has 0 amide bonds. The molecule has 1 aromatic heterocycles. The lowest BCUT2D eigenvalue weighted by Gasteiger charge is -2.14. The molecule has 1 fully saturated rings. The van der Waals surface area contributed by atoms with Gasteiger partial charge in [-0.05, 0) is 32.3 Å². The minimum absolute atomic E-state index is 0.571. The quantitative estimate of drug-likeness (QED) is 0.850. The molecule has 1 heterocycles. The Labute approximate surface area is 126 Å². The van der Waals surface area contributed by atoms with Gasteiger partial charge in [-0.1, -0.05) is 18.2 Å². The van der Waals surface area contributed by atoms with E-state index in [0.29, 0.717) is 12.6 Å². The zero-order chi connectivity index (χ0) is 14.7. The van der Waals surface area contributed by atoms with Crippen molar-refractivity contribution < 1.29 is 4.74 Å². The fraction of sp³-hybridized carbons (Fsp3) is 0.471. The molecule has 0 saturated heterocycles. The summed E-state index contributed by atoms with van der Waals surface area (Å²) in [6.07, 6.45) is 6.53. The minimum atomic E-state index is 0.571. The van der Waals surface area contributed by atoms with Crippen LogP contribution in [-0.2, 0) is 19.7 Å². The molecule has 2 aromatic rings. The van der Waals surface area contributed by atoms with Crippen LogP contribution in [0.2, 0.25) is 0 Å². The maximum absolute atomic E-state index is 6.07. The first-order chi connectivity index (χ1) is 10.3. The molecule has 4 heteroatoms. The Balaban J connectivity index is 1.67. The number of nitrogens with one attached hydrogen (secondary N) is 1. The Kier molecular flexibility index (Phi) is 4.25. The number of hydrogen-bond acceptors (Lipinski definition) is 3. The van der Waals surface area contributed by atoms with Crippen LogP contribution >= 0.6 is 0 Å². The number of benzene rings is 1. The van der Waals surface area contributed by atoms with Gasteiger partial charge in [-0.3, -0.25) is 4.68 Å². The van der Waals surface area contributed by atoms with Gasteiger partial charge in [0.25, 0.3) is 0 Å². The Morgan fingerprint density at radius 3 is 2.95 bits per heavy atom. The number of ether oxygens (including phenoxy) is 1. The van der Waals surface area contributed by atoms with E-state index in [4.69, 9.17) is 4.74 Å². The summed E-state index contributed by atoms with van der Waals surface area (Å²) in [5.74, 6) is 1.01. The van der Waals surface area contributed by atoms with Crippen LogP contribution in [0.5, 0.6) is 5.75 Å². The van der Waals surface area contributed by atoms with Crippen molar-refractivity contribution in [3.63, 3.8) is 0 Å². The Hall–Kier alpha value is -1.81. The summed E-state index contributed by atoms with van der Waals surface area (Å²) in [6, 6.07) is 7.06. The molecular weight excluding hydrogens is 262 g/mol. The summed E-state index contributed by atoms with van der Waals surface area (Å²) in [5.41, 5.74) is 3.54. The second-order valence-electron chi connectivity index (χ2n) is 5.71. The van der Waals surface area contributed by atoms with Gasteiger partial charge in [-0.15, -0.1) is 0 Å². The average Bonchev–Trinajstić information content (AvgIpc) is 3.21. The van der Waals surface area contributed by atoms with E-state index in [-0.39, 0.29) is 0 Å². The van der Waals surface area contributed by atoms with E-state index < -0.39 is 0 Å². The predicted octanol–water partition coefficient (Wildman–Crippen LogP) is 3.04. The fourth-order valence-corrected chi connectivity index (χ4v) is 2.41. The highest BCUT2D eigenvalue weighted by Gasteiger charge is 2.20. The van der Waals surface area contributed by atoms with Gasteiger partial charge in [-0.2, -0.15) is 5.10 Å². The number of aryl methyl sites for hydroxylation is 2. The molecule has 112 valence electrons. The SMILES string of the molecule is CCn1cc(COc2c(C)cccc2CNC2CC2)cn1. The van der Waals surface area contributed by atoms with Crippen LogP contribution < -0.4 is 10.1 Å².